The first-order valence-electron chi connectivity index (χ1n) is 6.88. The molecular formula is C15H13BrCl3N3O2. The molecule has 24 heavy (non-hydrogen) atoms. The second-order valence-corrected chi connectivity index (χ2v) is 6.72. The molecule has 0 unspecified atom stereocenters. The fourth-order valence-corrected chi connectivity index (χ4v) is 2.73. The molecule has 2 aromatic rings. The smallest absolute Gasteiger partial charge is 0.410 e. The predicted molar refractivity (Wildman–Crippen MR) is 97.9 cm³/mol. The number of nitrogens with zero attached hydrogens (tertiary/aromatic N) is 3. The normalized spacial score (nSPS) is 10.5. The number of carbonyl (C=O) groups is 1. The summed E-state index contributed by atoms with van der Waals surface area (Å²) in [5.41, 5.74) is 1.57. The molecule has 0 N–H and O–H groups in total. The summed E-state index contributed by atoms with van der Waals surface area (Å²) in [5.74, 6) is 0. The standard InChI is InChI=1S/C15H13BrCl3N3O2/c16-3-4-24-15(23)22(8-10-1-2-12(17)20-7-10)9-11-5-13(18)21-14(19)6-11/h1-2,5-7H,3-4,8-9H2. The van der Waals surface area contributed by atoms with Gasteiger partial charge in [0.05, 0.1) is 6.54 Å². The second-order valence-electron chi connectivity index (χ2n) is 4.77. The average Bonchev–Trinajstić information content (AvgIpc) is 2.53. The van der Waals surface area contributed by atoms with Gasteiger partial charge in [-0.3, -0.25) is 4.90 Å². The van der Waals surface area contributed by atoms with Crippen LogP contribution in [-0.4, -0.2) is 32.9 Å². The highest BCUT2D eigenvalue weighted by molar-refractivity contribution is 9.09. The second kappa shape index (κ2) is 9.42. The molecule has 0 aliphatic rings. The highest BCUT2D eigenvalue weighted by Crippen LogP contribution is 2.18. The number of alkyl halides is 1. The molecule has 0 atom stereocenters. The Morgan fingerprint density at radius 2 is 1.75 bits per heavy atom. The van der Waals surface area contributed by atoms with Crippen LogP contribution < -0.4 is 0 Å². The molecule has 0 aromatic carbocycles. The van der Waals surface area contributed by atoms with Crippen LogP contribution in [0.4, 0.5) is 4.79 Å². The number of aromatic nitrogens is 2. The Hall–Kier alpha value is -1.08. The number of amides is 1. The lowest BCUT2D eigenvalue weighted by Gasteiger charge is -2.22. The Balaban J connectivity index is 2.18. The summed E-state index contributed by atoms with van der Waals surface area (Å²) in [6, 6.07) is 6.77. The number of carbonyl (C=O) groups excluding carboxylic acids is 1. The molecule has 5 nitrogen and oxygen atoms in total. The third-order valence-corrected chi connectivity index (χ3v) is 3.85. The lowest BCUT2D eigenvalue weighted by molar-refractivity contribution is 0.103. The number of hydrogen-bond donors (Lipinski definition) is 0. The van der Waals surface area contributed by atoms with Gasteiger partial charge in [0.25, 0.3) is 0 Å². The van der Waals surface area contributed by atoms with Gasteiger partial charge in [-0.25, -0.2) is 14.8 Å². The quantitative estimate of drug-likeness (QED) is 0.458. The van der Waals surface area contributed by atoms with E-state index in [-0.39, 0.29) is 23.5 Å². The topological polar surface area (TPSA) is 55.3 Å². The maximum absolute atomic E-state index is 12.3. The summed E-state index contributed by atoms with van der Waals surface area (Å²) in [4.78, 5) is 21.7. The molecule has 0 fully saturated rings. The van der Waals surface area contributed by atoms with Crippen LogP contribution >= 0.6 is 50.7 Å². The highest BCUT2D eigenvalue weighted by Gasteiger charge is 2.17. The molecule has 0 bridgehead atoms. The Morgan fingerprint density at radius 1 is 1.08 bits per heavy atom. The molecule has 0 saturated carbocycles. The largest absolute Gasteiger partial charge is 0.449 e. The van der Waals surface area contributed by atoms with E-state index < -0.39 is 6.09 Å². The third kappa shape index (κ3) is 6.09. The zero-order valence-corrected chi connectivity index (χ0v) is 16.2. The SMILES string of the molecule is O=C(OCCBr)N(Cc1ccc(Cl)nc1)Cc1cc(Cl)nc(Cl)c1. The summed E-state index contributed by atoms with van der Waals surface area (Å²) in [5, 5.41) is 1.47. The molecule has 2 heterocycles. The summed E-state index contributed by atoms with van der Waals surface area (Å²) in [6.45, 7) is 0.848. The molecule has 0 aliphatic heterocycles. The van der Waals surface area contributed by atoms with Gasteiger partial charge in [0.15, 0.2) is 0 Å². The van der Waals surface area contributed by atoms with E-state index in [1.807, 2.05) is 0 Å². The molecule has 0 spiro atoms. The van der Waals surface area contributed by atoms with E-state index in [1.54, 1.807) is 30.5 Å². The van der Waals surface area contributed by atoms with Crippen LogP contribution in [0, 0.1) is 0 Å². The lowest BCUT2D eigenvalue weighted by Crippen LogP contribution is -2.31. The van der Waals surface area contributed by atoms with Crippen LogP contribution in [0.15, 0.2) is 30.5 Å². The molecule has 0 radical (unpaired) electrons. The lowest BCUT2D eigenvalue weighted by atomic mass is 10.2. The van der Waals surface area contributed by atoms with Crippen LogP contribution in [0.2, 0.25) is 15.5 Å². The van der Waals surface area contributed by atoms with Crippen LogP contribution in [0.25, 0.3) is 0 Å². The molecule has 2 aromatic heterocycles. The van der Waals surface area contributed by atoms with Crippen molar-refractivity contribution >= 4 is 56.8 Å². The Labute approximate surface area is 163 Å². The van der Waals surface area contributed by atoms with E-state index in [1.165, 1.54) is 4.90 Å². The van der Waals surface area contributed by atoms with E-state index in [9.17, 15) is 4.79 Å². The van der Waals surface area contributed by atoms with E-state index in [0.29, 0.717) is 17.0 Å². The van der Waals surface area contributed by atoms with Crippen molar-refractivity contribution in [3.05, 3.63) is 57.0 Å². The monoisotopic (exact) mass is 451 g/mol. The van der Waals surface area contributed by atoms with E-state index in [2.05, 4.69) is 25.9 Å². The molecule has 1 amide bonds. The predicted octanol–water partition coefficient (Wildman–Crippen LogP) is 4.97. The minimum atomic E-state index is -0.451. The average molecular weight is 454 g/mol. The summed E-state index contributed by atoms with van der Waals surface area (Å²) in [7, 11) is 0. The number of hydrogen-bond acceptors (Lipinski definition) is 4. The van der Waals surface area contributed by atoms with Gasteiger partial charge in [0, 0.05) is 18.1 Å². The van der Waals surface area contributed by atoms with E-state index in [0.717, 1.165) is 11.1 Å². The van der Waals surface area contributed by atoms with Gasteiger partial charge in [-0.15, -0.1) is 0 Å². The maximum atomic E-state index is 12.3. The van der Waals surface area contributed by atoms with Gasteiger partial charge >= 0.3 is 6.09 Å². The van der Waals surface area contributed by atoms with E-state index in [4.69, 9.17) is 39.5 Å². The van der Waals surface area contributed by atoms with Crippen molar-refractivity contribution in [3.8, 4) is 0 Å². The minimum Gasteiger partial charge on any atom is -0.449 e. The number of ether oxygens (including phenoxy) is 1. The van der Waals surface area contributed by atoms with Gasteiger partial charge in [0.1, 0.15) is 22.1 Å². The molecule has 2 rings (SSSR count). The van der Waals surface area contributed by atoms with Crippen molar-refractivity contribution in [3.63, 3.8) is 0 Å². The fourth-order valence-electron chi connectivity index (χ4n) is 1.95. The first kappa shape index (κ1) is 19.2. The van der Waals surface area contributed by atoms with Gasteiger partial charge in [-0.2, -0.15) is 0 Å². The van der Waals surface area contributed by atoms with Crippen molar-refractivity contribution in [2.45, 2.75) is 13.1 Å². The van der Waals surface area contributed by atoms with Crippen molar-refractivity contribution in [1.82, 2.24) is 14.9 Å². The van der Waals surface area contributed by atoms with Gasteiger partial charge in [0.2, 0.25) is 0 Å². The molecule has 0 saturated heterocycles. The number of halogens is 4. The number of pyridine rings is 2. The molecular weight excluding hydrogens is 440 g/mol. The van der Waals surface area contributed by atoms with Crippen molar-refractivity contribution in [2.75, 3.05) is 11.9 Å². The minimum absolute atomic E-state index is 0.263. The van der Waals surface area contributed by atoms with Crippen LogP contribution in [0.5, 0.6) is 0 Å². The van der Waals surface area contributed by atoms with Crippen LogP contribution in [0.1, 0.15) is 11.1 Å². The Kier molecular flexibility index (Phi) is 7.55. The van der Waals surface area contributed by atoms with Gasteiger partial charge in [-0.1, -0.05) is 56.8 Å². The molecule has 128 valence electrons. The first-order valence-corrected chi connectivity index (χ1v) is 9.13. The zero-order chi connectivity index (χ0) is 17.5. The first-order chi connectivity index (χ1) is 11.5. The number of rotatable bonds is 6. The third-order valence-electron chi connectivity index (χ3n) is 2.92. The molecule has 0 aliphatic carbocycles. The highest BCUT2D eigenvalue weighted by atomic mass is 79.9. The van der Waals surface area contributed by atoms with Crippen LogP contribution in [-0.2, 0) is 17.8 Å². The fraction of sp³-hybridized carbons (Fsp3) is 0.267. The van der Waals surface area contributed by atoms with Crippen molar-refractivity contribution in [2.24, 2.45) is 0 Å². The van der Waals surface area contributed by atoms with Crippen molar-refractivity contribution < 1.29 is 9.53 Å². The van der Waals surface area contributed by atoms with Gasteiger partial charge in [-0.05, 0) is 29.3 Å². The maximum Gasteiger partial charge on any atom is 0.410 e. The molecule has 9 heteroatoms. The summed E-state index contributed by atoms with van der Waals surface area (Å²) in [6.07, 6.45) is 1.16. The summed E-state index contributed by atoms with van der Waals surface area (Å²) >= 11 is 20.8. The van der Waals surface area contributed by atoms with E-state index >= 15 is 0 Å². The Morgan fingerprint density at radius 3 is 2.33 bits per heavy atom. The Bertz CT molecular complexity index is 681. The zero-order valence-electron chi connectivity index (χ0n) is 12.4. The van der Waals surface area contributed by atoms with Gasteiger partial charge < -0.3 is 4.74 Å². The van der Waals surface area contributed by atoms with Crippen molar-refractivity contribution in [1.29, 1.82) is 0 Å². The summed E-state index contributed by atoms with van der Waals surface area (Å²) < 4.78 is 5.19. The van der Waals surface area contributed by atoms with Crippen LogP contribution in [0.3, 0.4) is 0 Å².